The van der Waals surface area contributed by atoms with Gasteiger partial charge in [-0.1, -0.05) is 38.1 Å². The van der Waals surface area contributed by atoms with Gasteiger partial charge in [-0.25, -0.2) is 4.79 Å². The van der Waals surface area contributed by atoms with Gasteiger partial charge in [-0.3, -0.25) is 10.1 Å². The van der Waals surface area contributed by atoms with Gasteiger partial charge in [0.15, 0.2) is 5.11 Å². The smallest absolute Gasteiger partial charge is 0.344 e. The van der Waals surface area contributed by atoms with E-state index in [0.29, 0.717) is 40.7 Å². The predicted molar refractivity (Wildman–Crippen MR) is 143 cm³/mol. The Morgan fingerprint density at radius 1 is 1.00 bits per heavy atom. The van der Waals surface area contributed by atoms with Crippen molar-refractivity contribution in [1.82, 2.24) is 5.32 Å². The number of amides is 1. The van der Waals surface area contributed by atoms with E-state index < -0.39 is 5.63 Å². The summed E-state index contributed by atoms with van der Waals surface area (Å²) in [5.41, 5.74) is 3.45. The second-order valence-corrected chi connectivity index (χ2v) is 9.06. The molecule has 0 atom stereocenters. The summed E-state index contributed by atoms with van der Waals surface area (Å²) < 4.78 is 11.1. The van der Waals surface area contributed by atoms with E-state index in [2.05, 4.69) is 24.5 Å². The first-order chi connectivity index (χ1) is 16.8. The fourth-order valence-corrected chi connectivity index (χ4v) is 3.81. The molecule has 6 nitrogen and oxygen atoms in total. The molecule has 0 saturated heterocycles. The summed E-state index contributed by atoms with van der Waals surface area (Å²) in [6, 6.07) is 21.7. The summed E-state index contributed by atoms with van der Waals surface area (Å²) in [6.45, 7) is 6.67. The van der Waals surface area contributed by atoms with Gasteiger partial charge in [0.1, 0.15) is 11.3 Å². The number of thiocarbonyl (C=S) groups is 1. The van der Waals surface area contributed by atoms with Crippen molar-refractivity contribution in [2.45, 2.75) is 20.8 Å². The third-order valence-corrected chi connectivity index (χ3v) is 5.55. The first-order valence-corrected chi connectivity index (χ1v) is 11.7. The fourth-order valence-electron chi connectivity index (χ4n) is 3.60. The van der Waals surface area contributed by atoms with Crippen LogP contribution in [0.2, 0.25) is 0 Å². The normalized spacial score (nSPS) is 10.9. The largest absolute Gasteiger partial charge is 0.493 e. The lowest BCUT2D eigenvalue weighted by atomic mass is 10.0. The molecule has 0 saturated carbocycles. The zero-order valence-electron chi connectivity index (χ0n) is 19.8. The molecule has 4 rings (SSSR count). The van der Waals surface area contributed by atoms with Crippen molar-refractivity contribution < 1.29 is 13.9 Å². The van der Waals surface area contributed by atoms with E-state index in [9.17, 15) is 9.59 Å². The van der Waals surface area contributed by atoms with Crippen molar-refractivity contribution in [1.29, 1.82) is 0 Å². The van der Waals surface area contributed by atoms with Gasteiger partial charge in [-0.15, -0.1) is 0 Å². The van der Waals surface area contributed by atoms with E-state index in [1.165, 1.54) is 0 Å². The number of hydrogen-bond donors (Lipinski definition) is 2. The Labute approximate surface area is 208 Å². The molecular formula is C28H26N2O4S. The van der Waals surface area contributed by atoms with Crippen LogP contribution in [0.15, 0.2) is 82.0 Å². The number of benzene rings is 3. The second-order valence-electron chi connectivity index (χ2n) is 8.65. The molecule has 0 radical (unpaired) electrons. The van der Waals surface area contributed by atoms with Crippen LogP contribution in [0.4, 0.5) is 5.69 Å². The van der Waals surface area contributed by atoms with E-state index in [-0.39, 0.29) is 11.0 Å². The lowest BCUT2D eigenvalue weighted by Gasteiger charge is -2.13. The van der Waals surface area contributed by atoms with E-state index in [4.69, 9.17) is 21.4 Å². The van der Waals surface area contributed by atoms with Gasteiger partial charge in [0.25, 0.3) is 5.91 Å². The highest BCUT2D eigenvalue weighted by molar-refractivity contribution is 7.80. The number of aryl methyl sites for hydroxylation is 1. The quantitative estimate of drug-likeness (QED) is 0.260. The van der Waals surface area contributed by atoms with Crippen LogP contribution < -0.4 is 21.0 Å². The average Bonchev–Trinajstić information content (AvgIpc) is 2.83. The highest BCUT2D eigenvalue weighted by Gasteiger charge is 2.12. The van der Waals surface area contributed by atoms with Crippen molar-refractivity contribution in [2.75, 3.05) is 11.9 Å². The van der Waals surface area contributed by atoms with Crippen molar-refractivity contribution in [3.05, 3.63) is 94.3 Å². The van der Waals surface area contributed by atoms with Crippen LogP contribution in [0, 0.1) is 12.8 Å². The molecule has 0 aliphatic heterocycles. The Kier molecular flexibility index (Phi) is 7.27. The third kappa shape index (κ3) is 5.94. The monoisotopic (exact) mass is 486 g/mol. The molecule has 0 bridgehead atoms. The highest BCUT2D eigenvalue weighted by atomic mass is 32.1. The summed E-state index contributed by atoms with van der Waals surface area (Å²) in [5, 5.41) is 6.74. The predicted octanol–water partition coefficient (Wildman–Crippen LogP) is 5.93. The summed E-state index contributed by atoms with van der Waals surface area (Å²) in [4.78, 5) is 25.1. The van der Waals surface area contributed by atoms with Gasteiger partial charge in [0.05, 0.1) is 12.2 Å². The number of para-hydroxylation sites is 1. The highest BCUT2D eigenvalue weighted by Crippen LogP contribution is 2.26. The average molecular weight is 487 g/mol. The van der Waals surface area contributed by atoms with E-state index >= 15 is 0 Å². The molecule has 178 valence electrons. The minimum Gasteiger partial charge on any atom is -0.493 e. The Hall–Kier alpha value is -3.97. The van der Waals surface area contributed by atoms with Crippen molar-refractivity contribution in [3.8, 4) is 16.9 Å². The van der Waals surface area contributed by atoms with E-state index in [0.717, 1.165) is 16.5 Å². The molecule has 0 unspecified atom stereocenters. The zero-order chi connectivity index (χ0) is 24.9. The van der Waals surface area contributed by atoms with Crippen LogP contribution in [0.5, 0.6) is 5.75 Å². The van der Waals surface area contributed by atoms with Crippen LogP contribution in [-0.2, 0) is 0 Å². The molecule has 0 aliphatic carbocycles. The number of rotatable bonds is 6. The Morgan fingerprint density at radius 2 is 1.74 bits per heavy atom. The third-order valence-electron chi connectivity index (χ3n) is 5.34. The summed E-state index contributed by atoms with van der Waals surface area (Å²) in [5.74, 6) is 0.816. The molecule has 4 aromatic rings. The maximum absolute atomic E-state index is 12.5. The Bertz CT molecular complexity index is 1440. The number of fused-ring (bicyclic) bond motifs is 1. The molecule has 0 spiro atoms. The van der Waals surface area contributed by atoms with Crippen LogP contribution in [-0.4, -0.2) is 17.6 Å². The summed E-state index contributed by atoms with van der Waals surface area (Å²) in [7, 11) is 0. The Morgan fingerprint density at radius 3 is 2.46 bits per heavy atom. The molecule has 3 aromatic carbocycles. The van der Waals surface area contributed by atoms with Crippen LogP contribution in [0.1, 0.15) is 29.8 Å². The topological polar surface area (TPSA) is 80.6 Å². The molecule has 0 fully saturated rings. The van der Waals surface area contributed by atoms with E-state index in [1.54, 1.807) is 36.4 Å². The SMILES string of the molecule is Cc1cc(NC(=S)NC(=O)c2ccc(OCC(C)C)cc2)ccc1-c1cc2ccccc2oc1=O. The molecule has 7 heteroatoms. The number of carbonyl (C=O) groups excluding carboxylic acids is 1. The standard InChI is InChI=1S/C28H26N2O4S/c1-17(2)16-33-22-11-8-19(9-12-22)26(31)30-28(35)29-21-10-13-23(18(3)14-21)24-15-20-6-4-5-7-25(20)34-27(24)32/h4-15,17H,16H2,1-3H3,(H2,29,30,31,35). The van der Waals surface area contributed by atoms with Crippen molar-refractivity contribution in [3.63, 3.8) is 0 Å². The number of hydrogen-bond acceptors (Lipinski definition) is 5. The number of anilines is 1. The Balaban J connectivity index is 1.42. The molecule has 35 heavy (non-hydrogen) atoms. The molecule has 1 amide bonds. The van der Waals surface area contributed by atoms with Crippen molar-refractivity contribution in [2.24, 2.45) is 5.92 Å². The lowest BCUT2D eigenvalue weighted by Crippen LogP contribution is -2.34. The summed E-state index contributed by atoms with van der Waals surface area (Å²) in [6.07, 6.45) is 0. The van der Waals surface area contributed by atoms with Crippen LogP contribution in [0.3, 0.4) is 0 Å². The van der Waals surface area contributed by atoms with Gasteiger partial charge in [-0.2, -0.15) is 0 Å². The second kappa shape index (κ2) is 10.5. The molecular weight excluding hydrogens is 460 g/mol. The van der Waals surface area contributed by atoms with Gasteiger partial charge in [0, 0.05) is 16.6 Å². The molecule has 1 heterocycles. The van der Waals surface area contributed by atoms with Crippen molar-refractivity contribution >= 4 is 39.9 Å². The lowest BCUT2D eigenvalue weighted by molar-refractivity contribution is 0.0977. The maximum Gasteiger partial charge on any atom is 0.344 e. The molecule has 2 N–H and O–H groups in total. The van der Waals surface area contributed by atoms with Gasteiger partial charge >= 0.3 is 5.63 Å². The van der Waals surface area contributed by atoms with Crippen LogP contribution in [0.25, 0.3) is 22.1 Å². The minimum absolute atomic E-state index is 0.174. The molecule has 0 aliphatic rings. The van der Waals surface area contributed by atoms with Gasteiger partial charge < -0.3 is 14.5 Å². The minimum atomic E-state index is -0.393. The van der Waals surface area contributed by atoms with Gasteiger partial charge in [-0.05, 0) is 84.7 Å². The zero-order valence-corrected chi connectivity index (χ0v) is 20.6. The molecule has 1 aromatic heterocycles. The van der Waals surface area contributed by atoms with Crippen LogP contribution >= 0.6 is 12.2 Å². The summed E-state index contributed by atoms with van der Waals surface area (Å²) >= 11 is 5.32. The first kappa shape index (κ1) is 24.2. The maximum atomic E-state index is 12.5. The fraction of sp³-hybridized carbons (Fsp3) is 0.179. The number of ether oxygens (including phenoxy) is 1. The number of nitrogens with one attached hydrogen (secondary N) is 2. The van der Waals surface area contributed by atoms with E-state index in [1.807, 2.05) is 43.3 Å². The van der Waals surface area contributed by atoms with Gasteiger partial charge in [0.2, 0.25) is 0 Å². The number of carbonyl (C=O) groups is 1. The first-order valence-electron chi connectivity index (χ1n) is 11.3.